The molecule has 0 spiro atoms. The molecule has 0 aromatic carbocycles. The van der Waals surface area contributed by atoms with Crippen molar-refractivity contribution in [1.29, 1.82) is 0 Å². The Labute approximate surface area is 148 Å². The highest BCUT2D eigenvalue weighted by atomic mass is 16.2. The highest BCUT2D eigenvalue weighted by Gasteiger charge is 2.44. The number of carbonyl (C=O) groups excluding carboxylic acids is 2. The molecule has 3 aliphatic rings. The predicted molar refractivity (Wildman–Crippen MR) is 95.4 cm³/mol. The lowest BCUT2D eigenvalue weighted by Gasteiger charge is -2.52. The largest absolute Gasteiger partial charge is 0.356 e. The SMILES string of the molecule is CCNC(=O)c1ccc(N2C[C@H]3C[C@H](C2)[C@H]2CCCC(=O)N2C3)nc1. The van der Waals surface area contributed by atoms with Gasteiger partial charge < -0.3 is 15.1 Å². The van der Waals surface area contributed by atoms with Crippen molar-refractivity contribution in [1.82, 2.24) is 15.2 Å². The molecule has 0 aliphatic carbocycles. The molecule has 3 atom stereocenters. The lowest BCUT2D eigenvalue weighted by atomic mass is 9.76. The van der Waals surface area contributed by atoms with Crippen molar-refractivity contribution in [3.8, 4) is 0 Å². The van der Waals surface area contributed by atoms with Crippen LogP contribution in [0.4, 0.5) is 5.82 Å². The first-order chi connectivity index (χ1) is 12.2. The van der Waals surface area contributed by atoms with E-state index in [2.05, 4.69) is 20.1 Å². The minimum atomic E-state index is -0.0755. The van der Waals surface area contributed by atoms with Crippen LogP contribution in [0, 0.1) is 11.8 Å². The van der Waals surface area contributed by atoms with Gasteiger partial charge in [-0.05, 0) is 50.2 Å². The van der Waals surface area contributed by atoms with Gasteiger partial charge in [-0.25, -0.2) is 4.98 Å². The van der Waals surface area contributed by atoms with Crippen LogP contribution >= 0.6 is 0 Å². The van der Waals surface area contributed by atoms with Crippen LogP contribution in [0.25, 0.3) is 0 Å². The summed E-state index contributed by atoms with van der Waals surface area (Å²) >= 11 is 0. The standard InChI is InChI=1S/C19H26N4O2/c1-2-20-19(25)14-6-7-17(21-9-14)22-10-13-8-15(12-22)16-4-3-5-18(24)23(16)11-13/h6-7,9,13,15-16H,2-5,8,10-12H2,1H3,(H,20,25)/t13-,15-,16-/m1/s1. The average Bonchev–Trinajstić information content (AvgIpc) is 2.63. The van der Waals surface area contributed by atoms with Gasteiger partial charge in [-0.3, -0.25) is 9.59 Å². The molecule has 134 valence electrons. The summed E-state index contributed by atoms with van der Waals surface area (Å²) < 4.78 is 0. The third-order valence-electron chi connectivity index (χ3n) is 5.85. The fourth-order valence-corrected chi connectivity index (χ4v) is 4.77. The number of hydrogen-bond acceptors (Lipinski definition) is 4. The Morgan fingerprint density at radius 1 is 1.32 bits per heavy atom. The van der Waals surface area contributed by atoms with Crippen molar-refractivity contribution in [3.63, 3.8) is 0 Å². The summed E-state index contributed by atoms with van der Waals surface area (Å²) in [5, 5.41) is 2.80. The van der Waals surface area contributed by atoms with Crippen molar-refractivity contribution in [2.45, 2.75) is 38.6 Å². The lowest BCUT2D eigenvalue weighted by molar-refractivity contribution is -0.142. The van der Waals surface area contributed by atoms with Gasteiger partial charge in [-0.2, -0.15) is 0 Å². The number of rotatable bonds is 3. The van der Waals surface area contributed by atoms with E-state index in [1.165, 1.54) is 6.42 Å². The minimum Gasteiger partial charge on any atom is -0.356 e. The lowest BCUT2D eigenvalue weighted by Crippen LogP contribution is -2.60. The van der Waals surface area contributed by atoms with E-state index in [-0.39, 0.29) is 5.91 Å². The van der Waals surface area contributed by atoms with Gasteiger partial charge in [-0.15, -0.1) is 0 Å². The quantitative estimate of drug-likeness (QED) is 0.907. The molecule has 0 saturated carbocycles. The van der Waals surface area contributed by atoms with Gasteiger partial charge in [0.1, 0.15) is 5.82 Å². The molecular weight excluding hydrogens is 316 g/mol. The second-order valence-electron chi connectivity index (χ2n) is 7.54. The van der Waals surface area contributed by atoms with Gasteiger partial charge in [0.2, 0.25) is 5.91 Å². The molecule has 2 amide bonds. The topological polar surface area (TPSA) is 65.5 Å². The normalized spacial score (nSPS) is 28.5. The summed E-state index contributed by atoms with van der Waals surface area (Å²) in [5.41, 5.74) is 0.604. The first-order valence-corrected chi connectivity index (χ1v) is 9.44. The Hall–Kier alpha value is -2.11. The van der Waals surface area contributed by atoms with Crippen LogP contribution in [-0.2, 0) is 4.79 Å². The third kappa shape index (κ3) is 3.10. The first-order valence-electron chi connectivity index (χ1n) is 9.44. The van der Waals surface area contributed by atoms with Crippen LogP contribution in [0.3, 0.4) is 0 Å². The van der Waals surface area contributed by atoms with Crippen molar-refractivity contribution >= 4 is 17.6 Å². The Morgan fingerprint density at radius 2 is 2.20 bits per heavy atom. The molecule has 6 heteroatoms. The number of fused-ring (bicyclic) bond motifs is 4. The van der Waals surface area contributed by atoms with E-state index in [9.17, 15) is 9.59 Å². The molecule has 6 nitrogen and oxygen atoms in total. The number of anilines is 1. The summed E-state index contributed by atoms with van der Waals surface area (Å²) in [6, 6.07) is 4.22. The third-order valence-corrected chi connectivity index (χ3v) is 5.85. The highest BCUT2D eigenvalue weighted by molar-refractivity contribution is 5.94. The maximum absolute atomic E-state index is 12.2. The van der Waals surface area contributed by atoms with Gasteiger partial charge in [-0.1, -0.05) is 0 Å². The second-order valence-corrected chi connectivity index (χ2v) is 7.54. The Balaban J connectivity index is 1.48. The summed E-state index contributed by atoms with van der Waals surface area (Å²) in [5.74, 6) is 2.29. The first kappa shape index (κ1) is 16.4. The summed E-state index contributed by atoms with van der Waals surface area (Å²) in [6.07, 6.45) is 5.78. The molecule has 0 unspecified atom stereocenters. The number of nitrogens with one attached hydrogen (secondary N) is 1. The number of piperidine rings is 3. The molecule has 0 radical (unpaired) electrons. The molecule has 3 saturated heterocycles. The number of pyridine rings is 1. The molecule has 1 aromatic heterocycles. The Kier molecular flexibility index (Phi) is 4.36. The average molecular weight is 342 g/mol. The molecule has 1 N–H and O–H groups in total. The maximum Gasteiger partial charge on any atom is 0.252 e. The molecule has 4 heterocycles. The zero-order chi connectivity index (χ0) is 17.4. The molecule has 4 rings (SSSR count). The van der Waals surface area contributed by atoms with E-state index in [1.54, 1.807) is 6.20 Å². The maximum atomic E-state index is 12.2. The van der Waals surface area contributed by atoms with E-state index >= 15 is 0 Å². The van der Waals surface area contributed by atoms with Crippen LogP contribution in [0.2, 0.25) is 0 Å². The molecule has 2 bridgehead atoms. The summed E-state index contributed by atoms with van der Waals surface area (Å²) in [7, 11) is 0. The number of carbonyl (C=O) groups is 2. The molecule has 25 heavy (non-hydrogen) atoms. The van der Waals surface area contributed by atoms with Crippen molar-refractivity contribution in [2.24, 2.45) is 11.8 Å². The Morgan fingerprint density at radius 3 is 2.96 bits per heavy atom. The van der Waals surface area contributed by atoms with Crippen LogP contribution in [0.5, 0.6) is 0 Å². The van der Waals surface area contributed by atoms with Crippen LogP contribution in [0.1, 0.15) is 43.0 Å². The van der Waals surface area contributed by atoms with Crippen molar-refractivity contribution in [3.05, 3.63) is 23.9 Å². The zero-order valence-electron chi connectivity index (χ0n) is 14.8. The number of amides is 2. The number of aromatic nitrogens is 1. The van der Waals surface area contributed by atoms with Crippen LogP contribution in [-0.4, -0.2) is 53.9 Å². The van der Waals surface area contributed by atoms with E-state index in [0.717, 1.165) is 44.7 Å². The molecule has 1 aromatic rings. The van der Waals surface area contributed by atoms with Crippen LogP contribution < -0.4 is 10.2 Å². The van der Waals surface area contributed by atoms with Gasteiger partial charge in [0.15, 0.2) is 0 Å². The second kappa shape index (κ2) is 6.65. The number of hydrogen-bond donors (Lipinski definition) is 1. The smallest absolute Gasteiger partial charge is 0.252 e. The van der Waals surface area contributed by atoms with Gasteiger partial charge in [0.25, 0.3) is 5.91 Å². The molecule has 3 aliphatic heterocycles. The predicted octanol–water partition coefficient (Wildman–Crippen LogP) is 1.67. The Bertz CT molecular complexity index is 660. The van der Waals surface area contributed by atoms with Crippen molar-refractivity contribution in [2.75, 3.05) is 31.1 Å². The molecular formula is C19H26N4O2. The summed E-state index contributed by atoms with van der Waals surface area (Å²) in [4.78, 5) is 33.1. The fraction of sp³-hybridized carbons (Fsp3) is 0.632. The fourth-order valence-electron chi connectivity index (χ4n) is 4.77. The highest BCUT2D eigenvalue weighted by Crippen LogP contribution is 2.38. The summed E-state index contributed by atoms with van der Waals surface area (Å²) in [6.45, 7) is 5.32. The van der Waals surface area contributed by atoms with Crippen LogP contribution in [0.15, 0.2) is 18.3 Å². The van der Waals surface area contributed by atoms with E-state index in [0.29, 0.717) is 35.9 Å². The minimum absolute atomic E-state index is 0.0755. The van der Waals surface area contributed by atoms with Crippen molar-refractivity contribution < 1.29 is 9.59 Å². The van der Waals surface area contributed by atoms with E-state index in [1.807, 2.05) is 19.1 Å². The zero-order valence-corrected chi connectivity index (χ0v) is 14.8. The monoisotopic (exact) mass is 342 g/mol. The number of nitrogens with zero attached hydrogens (tertiary/aromatic N) is 3. The molecule has 3 fully saturated rings. The van der Waals surface area contributed by atoms with E-state index < -0.39 is 0 Å². The van der Waals surface area contributed by atoms with Gasteiger partial charge in [0.05, 0.1) is 5.56 Å². The van der Waals surface area contributed by atoms with E-state index in [4.69, 9.17) is 0 Å². The van der Waals surface area contributed by atoms with Gasteiger partial charge >= 0.3 is 0 Å². The van der Waals surface area contributed by atoms with Gasteiger partial charge in [0, 0.05) is 44.8 Å².